The van der Waals surface area contributed by atoms with E-state index in [0.29, 0.717) is 11.1 Å². The minimum absolute atomic E-state index is 0. The summed E-state index contributed by atoms with van der Waals surface area (Å²) in [7, 11) is -10.2. The molecule has 4 rings (SSSR count). The normalized spacial score (nSPS) is 16.8. The van der Waals surface area contributed by atoms with Crippen LogP contribution in [0.4, 0.5) is 0 Å². The van der Waals surface area contributed by atoms with Crippen LogP contribution in [0.25, 0.3) is 0 Å². The molecule has 0 saturated heterocycles. The van der Waals surface area contributed by atoms with E-state index in [9.17, 15) is 36.5 Å². The molecule has 0 spiro atoms. The number of hydrogen-bond acceptors (Lipinski definition) is 14. The van der Waals surface area contributed by atoms with E-state index < -0.39 is 58.6 Å². The van der Waals surface area contributed by atoms with Gasteiger partial charge in [0.1, 0.15) is 11.5 Å². The Labute approximate surface area is 275 Å². The van der Waals surface area contributed by atoms with Crippen LogP contribution in [0.2, 0.25) is 10.0 Å². The van der Waals surface area contributed by atoms with Crippen LogP contribution in [0.5, 0.6) is 11.5 Å². The molecule has 2 aliphatic heterocycles. The zero-order valence-corrected chi connectivity index (χ0v) is 26.7. The minimum atomic E-state index is -3.74. The number of carbonyl (C=O) groups is 2. The smallest absolute Gasteiger partial charge is 0.870 e. The second-order valence-corrected chi connectivity index (χ2v) is 12.9. The first-order chi connectivity index (χ1) is 19.4. The van der Waals surface area contributed by atoms with Gasteiger partial charge in [-0.05, 0) is 41.1 Å². The molecule has 2 atom stereocenters. The molecule has 236 valence electrons. The van der Waals surface area contributed by atoms with Gasteiger partial charge >= 0.3 is 65.3 Å². The van der Waals surface area contributed by atoms with Crippen LogP contribution in [-0.2, 0) is 43.9 Å². The van der Waals surface area contributed by atoms with E-state index >= 15 is 0 Å². The molecule has 0 saturated carbocycles. The summed E-state index contributed by atoms with van der Waals surface area (Å²) in [6, 6.07) is 5.10. The van der Waals surface area contributed by atoms with E-state index in [1.807, 2.05) is 0 Å². The molecule has 0 fully saturated rings. The quantitative estimate of drug-likeness (QED) is 0.136. The van der Waals surface area contributed by atoms with Gasteiger partial charge in [-0.25, -0.2) is 0 Å². The van der Waals surface area contributed by atoms with Crippen LogP contribution in [0.3, 0.4) is 0 Å². The summed E-state index contributed by atoms with van der Waals surface area (Å²) >= 11 is 12.1. The standard InChI is InChI=1S/C12H14BClO7S.C10H10BClO7S.Li.H2O/c1-3-19-11(15)6-10-12-8(13(16)20-10)4-7(5-9(12)14)21-22(2,17)18;1-20(16,17)19-5-2-6-10(7(12)3-5)8(4-9(13)14)18-11(6)15;;/h4-5,10,16H,3,6H2,1-2H3;2-3,8,15H,4H2,1H3,(H,13,14);;1H2/q;;+1;/p-1. The fourth-order valence-corrected chi connectivity index (χ4v) is 5.75. The maximum Gasteiger partial charge on any atom is 1.00 e. The Bertz CT molecular complexity index is 1590. The Balaban J connectivity index is 0.000000422. The zero-order chi connectivity index (χ0) is 31.6. The fourth-order valence-electron chi connectivity index (χ4n) is 4.18. The number of esters is 1. The second-order valence-electron chi connectivity index (χ2n) is 8.95. The molecule has 4 N–H and O–H groups in total. The van der Waals surface area contributed by atoms with Crippen LogP contribution in [0, 0.1) is 0 Å². The van der Waals surface area contributed by atoms with Crippen molar-refractivity contribution < 1.29 is 88.3 Å². The van der Waals surface area contributed by atoms with Crippen LogP contribution < -0.4 is 38.2 Å². The first-order valence-electron chi connectivity index (χ1n) is 11.9. The average molecular weight is 693 g/mol. The second kappa shape index (κ2) is 16.0. The predicted octanol–water partition coefficient (Wildman–Crippen LogP) is -2.87. The number of carboxylic acid groups (broad SMARTS) is 1. The van der Waals surface area contributed by atoms with Gasteiger partial charge in [0, 0.05) is 22.2 Å². The Hall–Kier alpha value is -2.01. The summed E-state index contributed by atoms with van der Waals surface area (Å²) in [5, 5.41) is 28.6. The first-order valence-corrected chi connectivity index (χ1v) is 16.3. The van der Waals surface area contributed by atoms with E-state index in [1.54, 1.807) is 6.92 Å². The van der Waals surface area contributed by atoms with Gasteiger partial charge in [0.25, 0.3) is 0 Å². The first kappa shape index (κ1) is 40.0. The van der Waals surface area contributed by atoms with Crippen molar-refractivity contribution in [3.63, 3.8) is 0 Å². The molecule has 0 radical (unpaired) electrons. The fraction of sp³-hybridized carbons (Fsp3) is 0.364. The van der Waals surface area contributed by atoms with Crippen LogP contribution in [-0.4, -0.2) is 82.8 Å². The molecule has 44 heavy (non-hydrogen) atoms. The molecule has 2 unspecified atom stereocenters. The van der Waals surface area contributed by atoms with Crippen molar-refractivity contribution in [2.45, 2.75) is 32.0 Å². The zero-order valence-electron chi connectivity index (χ0n) is 23.6. The summed E-state index contributed by atoms with van der Waals surface area (Å²) in [6.07, 6.45) is -0.361. The Morgan fingerprint density at radius 2 is 1.23 bits per heavy atom. The molecule has 2 aromatic rings. The van der Waals surface area contributed by atoms with Gasteiger partial charge in [0.15, 0.2) is 0 Å². The number of carboxylic acids is 1. The maximum atomic E-state index is 11.6. The summed E-state index contributed by atoms with van der Waals surface area (Å²) in [5.41, 5.74) is 1.20. The molecular weight excluding hydrogens is 668 g/mol. The van der Waals surface area contributed by atoms with Gasteiger partial charge in [-0.15, -0.1) is 0 Å². The van der Waals surface area contributed by atoms with Crippen LogP contribution >= 0.6 is 23.2 Å². The maximum absolute atomic E-state index is 11.6. The number of halogens is 2. The summed E-state index contributed by atoms with van der Waals surface area (Å²) in [4.78, 5) is 22.3. The summed E-state index contributed by atoms with van der Waals surface area (Å²) < 4.78 is 69.1. The molecule has 0 aliphatic carbocycles. The summed E-state index contributed by atoms with van der Waals surface area (Å²) in [6.45, 7) is 1.91. The number of aliphatic carboxylic acids is 1. The van der Waals surface area contributed by atoms with E-state index in [-0.39, 0.29) is 76.3 Å². The SMILES string of the molecule is CCOC(=O)CC1OB(O)c2cc(OS(C)(=O)=O)cc(Cl)c21.CS(=O)(=O)Oc1cc(Cl)c2c(c1)B(O)OC2CC(=O)O.[Li+].[OH-]. The van der Waals surface area contributed by atoms with Gasteiger partial charge in [-0.1, -0.05) is 23.2 Å². The molecule has 22 heteroatoms. The predicted molar refractivity (Wildman–Crippen MR) is 152 cm³/mol. The van der Waals surface area contributed by atoms with E-state index in [2.05, 4.69) is 4.18 Å². The van der Waals surface area contributed by atoms with Crippen molar-refractivity contribution in [1.29, 1.82) is 0 Å². The van der Waals surface area contributed by atoms with Crippen molar-refractivity contribution in [3.8, 4) is 11.5 Å². The largest absolute Gasteiger partial charge is 1.00 e. The third-order valence-corrected chi connectivity index (χ3v) is 7.16. The molecule has 0 bridgehead atoms. The van der Waals surface area contributed by atoms with Crippen LogP contribution in [0.1, 0.15) is 43.1 Å². The van der Waals surface area contributed by atoms with Gasteiger partial charge in [0.2, 0.25) is 0 Å². The number of ether oxygens (including phenoxy) is 1. The Morgan fingerprint density at radius 1 is 0.841 bits per heavy atom. The van der Waals surface area contributed by atoms with Gasteiger partial charge in [0.05, 0.1) is 44.2 Å². The summed E-state index contributed by atoms with van der Waals surface area (Å²) in [5.74, 6) is -1.71. The van der Waals surface area contributed by atoms with E-state index in [1.165, 1.54) is 24.3 Å². The Kier molecular flexibility index (Phi) is 14.6. The number of hydrogen-bond donors (Lipinski definition) is 3. The molecule has 2 aliphatic rings. The van der Waals surface area contributed by atoms with Gasteiger partial charge in [-0.3, -0.25) is 9.59 Å². The molecule has 2 aromatic carbocycles. The molecule has 2 heterocycles. The van der Waals surface area contributed by atoms with Gasteiger partial charge in [-0.2, -0.15) is 16.8 Å². The average Bonchev–Trinajstić information content (AvgIpc) is 3.28. The topological polar surface area (TPSA) is 239 Å². The van der Waals surface area contributed by atoms with Crippen molar-refractivity contribution >= 4 is 80.5 Å². The molecule has 0 amide bonds. The number of rotatable bonds is 9. The molecule has 15 nitrogen and oxygen atoms in total. The van der Waals surface area contributed by atoms with Gasteiger partial charge < -0.3 is 43.0 Å². The van der Waals surface area contributed by atoms with Crippen LogP contribution in [0.15, 0.2) is 24.3 Å². The monoisotopic (exact) mass is 692 g/mol. The van der Waals surface area contributed by atoms with E-state index in [0.717, 1.165) is 12.5 Å². The van der Waals surface area contributed by atoms with Crippen molar-refractivity contribution in [2.75, 3.05) is 19.1 Å². The van der Waals surface area contributed by atoms with E-state index in [4.69, 9.17) is 46.5 Å². The minimum Gasteiger partial charge on any atom is -0.870 e. The number of fused-ring (bicyclic) bond motifs is 2. The third kappa shape index (κ3) is 10.8. The van der Waals surface area contributed by atoms with Crippen molar-refractivity contribution in [1.82, 2.24) is 0 Å². The molecular formula is C22H25B2Cl2LiO15S2. The van der Waals surface area contributed by atoms with Crippen molar-refractivity contribution in [3.05, 3.63) is 45.4 Å². The number of carbonyl (C=O) groups excluding carboxylic acids is 1. The number of benzene rings is 2. The Morgan fingerprint density at radius 3 is 1.57 bits per heavy atom. The molecule has 0 aromatic heterocycles. The third-order valence-electron chi connectivity index (χ3n) is 5.55. The van der Waals surface area contributed by atoms with Crippen molar-refractivity contribution in [2.24, 2.45) is 0 Å².